The molecule has 0 aromatic carbocycles. The van der Waals surface area contributed by atoms with Crippen LogP contribution in [0.3, 0.4) is 0 Å². The summed E-state index contributed by atoms with van der Waals surface area (Å²) >= 11 is 0. The summed E-state index contributed by atoms with van der Waals surface area (Å²) < 4.78 is 0. The first kappa shape index (κ1) is 48.3. The molecule has 0 aromatic rings. The molecular weight excluding hydrogens is 131 g/mol. The zero-order chi connectivity index (χ0) is 0. The molecule has 0 aliphatic carbocycles. The number of hydrogen-bond donors (Lipinski definition) is 0. The molecule has 1 radical (unpaired) electrons. The molecular formula is H5ClMgMnO. The molecule has 0 saturated carbocycles. The summed E-state index contributed by atoms with van der Waals surface area (Å²) in [6.07, 6.45) is 0. The molecule has 4 heavy (non-hydrogen) atoms. The maximum absolute atomic E-state index is 0. The van der Waals surface area contributed by atoms with Gasteiger partial charge >= 0.3 is 23.1 Å². The summed E-state index contributed by atoms with van der Waals surface area (Å²) in [4.78, 5) is 0. The maximum atomic E-state index is 0. The standard InChI is InChI=1S/ClH.Mg.Mn.H2O.2H/h1H;;;1H2;;/q;+2;;;2*-1. The minimum Gasteiger partial charge on any atom is -1.00 e. The first-order valence-corrected chi connectivity index (χ1v) is 0. The summed E-state index contributed by atoms with van der Waals surface area (Å²) in [6, 6.07) is 0. The molecule has 0 heterocycles. The van der Waals surface area contributed by atoms with E-state index in [9.17, 15) is 0 Å². The molecule has 0 bridgehead atoms. The molecule has 0 aromatic heterocycles. The maximum Gasteiger partial charge on any atom is 2.00 e. The SMILES string of the molecule is Cl.O.[H-].[H-].[Mg+2].[Mn]. The molecule has 0 fully saturated rings. The largest absolute Gasteiger partial charge is 2.00 e. The average molecular weight is 136 g/mol. The summed E-state index contributed by atoms with van der Waals surface area (Å²) in [7, 11) is 0. The van der Waals surface area contributed by atoms with Crippen LogP contribution >= 0.6 is 12.4 Å². The summed E-state index contributed by atoms with van der Waals surface area (Å²) in [6.45, 7) is 0. The second-order valence-electron chi connectivity index (χ2n) is 0. The van der Waals surface area contributed by atoms with Crippen molar-refractivity contribution in [2.45, 2.75) is 0 Å². The fourth-order valence-corrected chi connectivity index (χ4v) is 0. The van der Waals surface area contributed by atoms with Gasteiger partial charge in [-0.25, -0.2) is 0 Å². The van der Waals surface area contributed by atoms with Gasteiger partial charge in [0.05, 0.1) is 0 Å². The van der Waals surface area contributed by atoms with Crippen molar-refractivity contribution < 1.29 is 25.4 Å². The van der Waals surface area contributed by atoms with E-state index in [4.69, 9.17) is 0 Å². The van der Waals surface area contributed by atoms with Gasteiger partial charge in [-0.2, -0.15) is 0 Å². The van der Waals surface area contributed by atoms with Crippen LogP contribution in [-0.2, 0) is 17.1 Å². The molecule has 0 saturated heterocycles. The molecule has 0 atom stereocenters. The number of rotatable bonds is 0. The third-order valence-corrected chi connectivity index (χ3v) is 0. The van der Waals surface area contributed by atoms with Gasteiger partial charge in [-0.1, -0.05) is 0 Å². The van der Waals surface area contributed by atoms with Gasteiger partial charge in [0.15, 0.2) is 0 Å². The van der Waals surface area contributed by atoms with E-state index >= 15 is 0 Å². The van der Waals surface area contributed by atoms with Crippen molar-refractivity contribution in [2.75, 3.05) is 0 Å². The quantitative estimate of drug-likeness (QED) is 0.399. The average Bonchev–Trinajstić information content (AvgIpc) is 0. The van der Waals surface area contributed by atoms with Crippen LogP contribution in [-0.4, -0.2) is 28.5 Å². The van der Waals surface area contributed by atoms with Crippen LogP contribution in [0.15, 0.2) is 0 Å². The number of halogens is 1. The number of hydrogen-bond acceptors (Lipinski definition) is 0. The molecule has 0 aliphatic heterocycles. The summed E-state index contributed by atoms with van der Waals surface area (Å²) in [5.74, 6) is 0. The summed E-state index contributed by atoms with van der Waals surface area (Å²) in [5, 5.41) is 0. The van der Waals surface area contributed by atoms with Crippen molar-refractivity contribution in [3.63, 3.8) is 0 Å². The molecule has 4 heteroatoms. The van der Waals surface area contributed by atoms with Crippen molar-refractivity contribution in [3.05, 3.63) is 0 Å². The molecule has 1 nitrogen and oxygen atoms in total. The van der Waals surface area contributed by atoms with Crippen LogP contribution in [0.5, 0.6) is 0 Å². The van der Waals surface area contributed by atoms with Crippen LogP contribution in [0.4, 0.5) is 0 Å². The van der Waals surface area contributed by atoms with Crippen LogP contribution in [0.25, 0.3) is 0 Å². The van der Waals surface area contributed by atoms with Gasteiger partial charge in [-0.3, -0.25) is 0 Å². The third-order valence-electron chi connectivity index (χ3n) is 0. The van der Waals surface area contributed by atoms with Crippen molar-refractivity contribution in [1.29, 1.82) is 0 Å². The van der Waals surface area contributed by atoms with Crippen molar-refractivity contribution in [1.82, 2.24) is 0 Å². The Labute approximate surface area is 60.8 Å². The van der Waals surface area contributed by atoms with E-state index in [2.05, 4.69) is 0 Å². The van der Waals surface area contributed by atoms with E-state index in [0.717, 1.165) is 0 Å². The Hall–Kier alpha value is 1.54. The zero-order valence-corrected chi connectivity index (χ0v) is 5.40. The predicted molar refractivity (Wildman–Crippen MR) is 18.8 cm³/mol. The predicted octanol–water partition coefficient (Wildman–Crippen LogP) is -0.561. The minimum atomic E-state index is 0. The zero-order valence-electron chi connectivity index (χ0n) is 3.99. The minimum absolute atomic E-state index is 0. The van der Waals surface area contributed by atoms with E-state index in [0.29, 0.717) is 0 Å². The monoisotopic (exact) mass is 135 g/mol. The van der Waals surface area contributed by atoms with E-state index in [1.807, 2.05) is 0 Å². The molecule has 0 aliphatic rings. The molecule has 0 rings (SSSR count). The molecule has 0 unspecified atom stereocenters. The van der Waals surface area contributed by atoms with Gasteiger partial charge < -0.3 is 8.33 Å². The molecule has 0 spiro atoms. The fraction of sp³-hybridized carbons (Fsp3) is 0. The Morgan fingerprint density at radius 1 is 1.25 bits per heavy atom. The molecule has 27 valence electrons. The Morgan fingerprint density at radius 3 is 1.25 bits per heavy atom. The topological polar surface area (TPSA) is 31.5 Å². The van der Waals surface area contributed by atoms with E-state index in [-0.39, 0.29) is 60.9 Å². The summed E-state index contributed by atoms with van der Waals surface area (Å²) in [5.41, 5.74) is 0. The van der Waals surface area contributed by atoms with Gasteiger partial charge in [-0.05, 0) is 0 Å². The van der Waals surface area contributed by atoms with Gasteiger partial charge in [0.1, 0.15) is 0 Å². The fourth-order valence-electron chi connectivity index (χ4n) is 0. The van der Waals surface area contributed by atoms with E-state index in [1.165, 1.54) is 0 Å². The second kappa shape index (κ2) is 24.0. The second-order valence-corrected chi connectivity index (χ2v) is 0. The van der Waals surface area contributed by atoms with Crippen molar-refractivity contribution in [3.8, 4) is 0 Å². The van der Waals surface area contributed by atoms with E-state index < -0.39 is 0 Å². The third kappa shape index (κ3) is 9.64. The van der Waals surface area contributed by atoms with Crippen LogP contribution in [0.2, 0.25) is 0 Å². The van der Waals surface area contributed by atoms with Gasteiger partial charge in [0.25, 0.3) is 0 Å². The van der Waals surface area contributed by atoms with Crippen molar-refractivity contribution in [2.24, 2.45) is 0 Å². The van der Waals surface area contributed by atoms with Gasteiger partial charge in [0, 0.05) is 17.1 Å². The Bertz CT molecular complexity index is 13.5. The van der Waals surface area contributed by atoms with E-state index in [1.54, 1.807) is 0 Å². The van der Waals surface area contributed by atoms with Gasteiger partial charge in [-0.15, -0.1) is 12.4 Å². The van der Waals surface area contributed by atoms with Crippen molar-refractivity contribution >= 4 is 35.5 Å². The Kier molecular flexibility index (Phi) is 290. The van der Waals surface area contributed by atoms with Crippen LogP contribution in [0.1, 0.15) is 2.85 Å². The smallest absolute Gasteiger partial charge is 1.00 e. The van der Waals surface area contributed by atoms with Gasteiger partial charge in [0.2, 0.25) is 0 Å². The van der Waals surface area contributed by atoms with Crippen LogP contribution in [0, 0.1) is 0 Å². The Balaban J connectivity index is 0. The van der Waals surface area contributed by atoms with Crippen LogP contribution < -0.4 is 0 Å². The first-order valence-electron chi connectivity index (χ1n) is 0. The molecule has 2 N–H and O–H groups in total. The Morgan fingerprint density at radius 2 is 1.25 bits per heavy atom. The first-order chi connectivity index (χ1) is 0. The molecule has 0 amide bonds. The normalized spacial score (nSPS) is 0.